The van der Waals surface area contributed by atoms with Crippen LogP contribution in [0.15, 0.2) is 24.3 Å². The van der Waals surface area contributed by atoms with Crippen LogP contribution in [0.5, 0.6) is 0 Å². The molecule has 0 saturated carbocycles. The van der Waals surface area contributed by atoms with Crippen LogP contribution < -0.4 is 10.6 Å². The van der Waals surface area contributed by atoms with E-state index in [0.717, 1.165) is 19.5 Å². The molecule has 2 heterocycles. The third-order valence-corrected chi connectivity index (χ3v) is 4.92. The zero-order valence-electron chi connectivity index (χ0n) is 12.0. The average molecular weight is 259 g/mol. The van der Waals surface area contributed by atoms with Crippen molar-refractivity contribution in [2.45, 2.75) is 37.8 Å². The molecule has 3 unspecified atom stereocenters. The SMILES string of the molecule is CC1CC(N2CC(CCN)c3ccccc32)CN1C. The lowest BCUT2D eigenvalue weighted by Crippen LogP contribution is -2.36. The summed E-state index contributed by atoms with van der Waals surface area (Å²) in [6, 6.07) is 10.3. The van der Waals surface area contributed by atoms with Crippen LogP contribution in [-0.2, 0) is 0 Å². The van der Waals surface area contributed by atoms with Crippen LogP contribution >= 0.6 is 0 Å². The Bertz CT molecular complexity index is 435. The van der Waals surface area contributed by atoms with Crippen molar-refractivity contribution in [3.63, 3.8) is 0 Å². The maximum absolute atomic E-state index is 5.78. The van der Waals surface area contributed by atoms with E-state index in [2.05, 4.69) is 48.0 Å². The van der Waals surface area contributed by atoms with Gasteiger partial charge in [0.1, 0.15) is 0 Å². The molecule has 2 N–H and O–H groups in total. The third-order valence-electron chi connectivity index (χ3n) is 4.92. The van der Waals surface area contributed by atoms with Gasteiger partial charge in [-0.3, -0.25) is 0 Å². The second-order valence-electron chi connectivity index (χ2n) is 6.16. The molecular weight excluding hydrogens is 234 g/mol. The van der Waals surface area contributed by atoms with Crippen molar-refractivity contribution >= 4 is 5.69 Å². The molecule has 1 aromatic rings. The molecule has 104 valence electrons. The van der Waals surface area contributed by atoms with Gasteiger partial charge in [-0.2, -0.15) is 0 Å². The van der Waals surface area contributed by atoms with Gasteiger partial charge in [-0.1, -0.05) is 18.2 Å². The van der Waals surface area contributed by atoms with Gasteiger partial charge in [-0.25, -0.2) is 0 Å². The first-order chi connectivity index (χ1) is 9.20. The van der Waals surface area contributed by atoms with E-state index in [1.807, 2.05) is 0 Å². The predicted molar refractivity (Wildman–Crippen MR) is 80.7 cm³/mol. The van der Waals surface area contributed by atoms with Crippen LogP contribution in [0.4, 0.5) is 5.69 Å². The molecule has 2 aliphatic heterocycles. The highest BCUT2D eigenvalue weighted by molar-refractivity contribution is 5.61. The van der Waals surface area contributed by atoms with Crippen molar-refractivity contribution < 1.29 is 0 Å². The summed E-state index contributed by atoms with van der Waals surface area (Å²) >= 11 is 0. The van der Waals surface area contributed by atoms with Crippen molar-refractivity contribution in [3.8, 4) is 0 Å². The second kappa shape index (κ2) is 5.14. The molecular formula is C16H25N3. The number of hydrogen-bond acceptors (Lipinski definition) is 3. The number of fused-ring (bicyclic) bond motifs is 1. The Hall–Kier alpha value is -1.06. The normalized spacial score (nSPS) is 30.9. The Morgan fingerprint density at radius 3 is 2.74 bits per heavy atom. The van der Waals surface area contributed by atoms with Gasteiger partial charge in [0.25, 0.3) is 0 Å². The van der Waals surface area contributed by atoms with Gasteiger partial charge in [0.2, 0.25) is 0 Å². The summed E-state index contributed by atoms with van der Waals surface area (Å²) in [4.78, 5) is 5.11. The number of likely N-dealkylation sites (N-methyl/N-ethyl adjacent to an activating group) is 1. The lowest BCUT2D eigenvalue weighted by Gasteiger charge is -2.27. The van der Waals surface area contributed by atoms with E-state index in [1.165, 1.54) is 24.2 Å². The molecule has 0 aromatic heterocycles. The molecule has 0 spiro atoms. The van der Waals surface area contributed by atoms with Crippen LogP contribution in [0.3, 0.4) is 0 Å². The number of hydrogen-bond donors (Lipinski definition) is 1. The Morgan fingerprint density at radius 2 is 2.05 bits per heavy atom. The number of nitrogens with zero attached hydrogens (tertiary/aromatic N) is 2. The summed E-state index contributed by atoms with van der Waals surface area (Å²) < 4.78 is 0. The molecule has 19 heavy (non-hydrogen) atoms. The summed E-state index contributed by atoms with van der Waals surface area (Å²) in [5, 5.41) is 0. The minimum absolute atomic E-state index is 0.627. The van der Waals surface area contributed by atoms with Gasteiger partial charge in [0, 0.05) is 36.8 Å². The maximum atomic E-state index is 5.78. The van der Waals surface area contributed by atoms with E-state index in [4.69, 9.17) is 5.73 Å². The van der Waals surface area contributed by atoms with Crippen molar-refractivity contribution in [3.05, 3.63) is 29.8 Å². The molecule has 1 fully saturated rings. The molecule has 0 aliphatic carbocycles. The van der Waals surface area contributed by atoms with Gasteiger partial charge in [-0.15, -0.1) is 0 Å². The number of nitrogens with two attached hydrogens (primary N) is 1. The number of anilines is 1. The van der Waals surface area contributed by atoms with E-state index in [1.54, 1.807) is 0 Å². The molecule has 2 aliphatic rings. The molecule has 3 rings (SSSR count). The number of rotatable bonds is 3. The molecule has 0 amide bonds. The number of benzene rings is 1. The highest BCUT2D eigenvalue weighted by Crippen LogP contribution is 2.40. The quantitative estimate of drug-likeness (QED) is 0.901. The highest BCUT2D eigenvalue weighted by atomic mass is 15.3. The standard InChI is InChI=1S/C16H25N3/c1-12-9-14(11-18(12)2)19-10-13(7-8-17)15-5-3-4-6-16(15)19/h3-6,12-14H,7-11,17H2,1-2H3. The number of para-hydroxylation sites is 1. The Kier molecular flexibility index (Phi) is 3.50. The fraction of sp³-hybridized carbons (Fsp3) is 0.625. The maximum Gasteiger partial charge on any atom is 0.0432 e. The van der Waals surface area contributed by atoms with E-state index < -0.39 is 0 Å². The minimum atomic E-state index is 0.627. The van der Waals surface area contributed by atoms with Gasteiger partial charge in [0.15, 0.2) is 0 Å². The molecule has 3 atom stereocenters. The lowest BCUT2D eigenvalue weighted by molar-refractivity contribution is 0.328. The van der Waals surface area contributed by atoms with Crippen molar-refractivity contribution in [2.75, 3.05) is 31.6 Å². The molecule has 0 radical (unpaired) electrons. The summed E-state index contributed by atoms with van der Waals surface area (Å²) in [5.41, 5.74) is 8.74. The van der Waals surface area contributed by atoms with Crippen LogP contribution in [0.25, 0.3) is 0 Å². The van der Waals surface area contributed by atoms with Crippen molar-refractivity contribution in [1.82, 2.24) is 4.90 Å². The molecule has 1 aromatic carbocycles. The number of likely N-dealkylation sites (tertiary alicyclic amines) is 1. The zero-order valence-corrected chi connectivity index (χ0v) is 12.0. The third kappa shape index (κ3) is 2.26. The minimum Gasteiger partial charge on any atom is -0.366 e. The van der Waals surface area contributed by atoms with Crippen LogP contribution in [0, 0.1) is 0 Å². The van der Waals surface area contributed by atoms with E-state index in [-0.39, 0.29) is 0 Å². The first-order valence-corrected chi connectivity index (χ1v) is 7.46. The zero-order chi connectivity index (χ0) is 13.4. The first kappa shape index (κ1) is 12.9. The van der Waals surface area contributed by atoms with Gasteiger partial charge in [-0.05, 0) is 45.0 Å². The van der Waals surface area contributed by atoms with Crippen LogP contribution in [-0.4, -0.2) is 43.7 Å². The van der Waals surface area contributed by atoms with Crippen LogP contribution in [0.2, 0.25) is 0 Å². The second-order valence-corrected chi connectivity index (χ2v) is 6.16. The Labute approximate surface area is 116 Å². The summed E-state index contributed by atoms with van der Waals surface area (Å²) in [5.74, 6) is 0.627. The molecule has 0 bridgehead atoms. The van der Waals surface area contributed by atoms with Crippen molar-refractivity contribution in [1.29, 1.82) is 0 Å². The fourth-order valence-corrected chi connectivity index (χ4v) is 3.71. The summed E-state index contributed by atoms with van der Waals surface area (Å²) in [7, 11) is 2.24. The van der Waals surface area contributed by atoms with E-state index in [0.29, 0.717) is 18.0 Å². The topological polar surface area (TPSA) is 32.5 Å². The summed E-state index contributed by atoms with van der Waals surface area (Å²) in [6.07, 6.45) is 2.38. The van der Waals surface area contributed by atoms with E-state index in [9.17, 15) is 0 Å². The first-order valence-electron chi connectivity index (χ1n) is 7.46. The Morgan fingerprint density at radius 1 is 1.26 bits per heavy atom. The molecule has 1 saturated heterocycles. The fourth-order valence-electron chi connectivity index (χ4n) is 3.71. The largest absolute Gasteiger partial charge is 0.366 e. The predicted octanol–water partition coefficient (Wildman–Crippen LogP) is 2.03. The Balaban J connectivity index is 1.84. The van der Waals surface area contributed by atoms with Crippen molar-refractivity contribution in [2.24, 2.45) is 5.73 Å². The average Bonchev–Trinajstić information content (AvgIpc) is 2.93. The lowest BCUT2D eigenvalue weighted by atomic mass is 9.98. The monoisotopic (exact) mass is 259 g/mol. The smallest absolute Gasteiger partial charge is 0.0432 e. The molecule has 3 heteroatoms. The molecule has 3 nitrogen and oxygen atoms in total. The van der Waals surface area contributed by atoms with Gasteiger partial charge < -0.3 is 15.5 Å². The van der Waals surface area contributed by atoms with E-state index >= 15 is 0 Å². The highest BCUT2D eigenvalue weighted by Gasteiger charge is 2.36. The summed E-state index contributed by atoms with van der Waals surface area (Å²) in [6.45, 7) is 5.46. The van der Waals surface area contributed by atoms with Crippen LogP contribution in [0.1, 0.15) is 31.2 Å². The van der Waals surface area contributed by atoms with Gasteiger partial charge in [0.05, 0.1) is 0 Å². The van der Waals surface area contributed by atoms with Gasteiger partial charge >= 0.3 is 0 Å².